The Kier molecular flexibility index (Phi) is 5.03. The summed E-state index contributed by atoms with van der Waals surface area (Å²) in [6.45, 7) is 7.09. The van der Waals surface area contributed by atoms with Gasteiger partial charge in [-0.2, -0.15) is 0 Å². The Morgan fingerprint density at radius 1 is 1.21 bits per heavy atom. The molecule has 6 nitrogen and oxygen atoms in total. The molecule has 2 fully saturated rings. The van der Waals surface area contributed by atoms with Gasteiger partial charge in [-0.15, -0.1) is 0 Å². The summed E-state index contributed by atoms with van der Waals surface area (Å²) in [7, 11) is 0. The van der Waals surface area contributed by atoms with E-state index in [4.69, 9.17) is 0 Å². The van der Waals surface area contributed by atoms with E-state index in [0.29, 0.717) is 31.0 Å². The van der Waals surface area contributed by atoms with Crippen molar-refractivity contribution in [2.45, 2.75) is 45.6 Å². The van der Waals surface area contributed by atoms with Gasteiger partial charge < -0.3 is 10.2 Å². The van der Waals surface area contributed by atoms with Crippen LogP contribution in [0.2, 0.25) is 0 Å². The molecule has 152 valence electrons. The van der Waals surface area contributed by atoms with Gasteiger partial charge >= 0.3 is 0 Å². The molecule has 2 atom stereocenters. The fourth-order valence-electron chi connectivity index (χ4n) is 4.40. The van der Waals surface area contributed by atoms with Gasteiger partial charge in [-0.1, -0.05) is 26.0 Å². The fraction of sp³-hybridized carbons (Fsp3) is 0.435. The highest BCUT2D eigenvalue weighted by molar-refractivity contribution is 5.95. The normalized spacial score (nSPS) is 21.2. The molecule has 0 aliphatic carbocycles. The summed E-state index contributed by atoms with van der Waals surface area (Å²) in [5, 5.41) is 2.98. The van der Waals surface area contributed by atoms with Crippen molar-refractivity contribution in [3.05, 3.63) is 63.6 Å². The van der Waals surface area contributed by atoms with Crippen LogP contribution >= 0.6 is 0 Å². The first-order chi connectivity index (χ1) is 13.8. The van der Waals surface area contributed by atoms with Gasteiger partial charge in [0.2, 0.25) is 5.91 Å². The number of aromatic nitrogens is 1. The van der Waals surface area contributed by atoms with Crippen LogP contribution in [0.15, 0.2) is 41.3 Å². The van der Waals surface area contributed by atoms with Gasteiger partial charge in [0.1, 0.15) is 5.56 Å². The highest BCUT2D eigenvalue weighted by Crippen LogP contribution is 2.26. The Labute approximate surface area is 170 Å². The molecule has 6 heteroatoms. The van der Waals surface area contributed by atoms with Gasteiger partial charge in [0.15, 0.2) is 0 Å². The number of fused-ring (bicyclic) bond motifs is 1. The number of hydrogen-bond donors (Lipinski definition) is 1. The molecule has 3 heterocycles. The van der Waals surface area contributed by atoms with E-state index in [9.17, 15) is 14.4 Å². The van der Waals surface area contributed by atoms with E-state index in [-0.39, 0.29) is 34.9 Å². The molecule has 0 unspecified atom stereocenters. The first kappa shape index (κ1) is 19.4. The van der Waals surface area contributed by atoms with Crippen molar-refractivity contribution >= 4 is 11.8 Å². The number of carbonyl (C=O) groups is 2. The van der Waals surface area contributed by atoms with Gasteiger partial charge in [0.05, 0.1) is 0 Å². The molecule has 2 aromatic rings. The molecule has 1 aromatic carbocycles. The van der Waals surface area contributed by atoms with E-state index in [1.54, 1.807) is 22.6 Å². The zero-order valence-corrected chi connectivity index (χ0v) is 17.1. The number of nitrogens with zero attached hydrogens (tertiary/aromatic N) is 2. The zero-order chi connectivity index (χ0) is 20.7. The summed E-state index contributed by atoms with van der Waals surface area (Å²) in [5.74, 6) is 0.299. The first-order valence-electron chi connectivity index (χ1n) is 10.3. The summed E-state index contributed by atoms with van der Waals surface area (Å²) in [6, 6.07) is 9.84. The largest absolute Gasteiger partial charge is 0.353 e. The molecule has 0 radical (unpaired) electrons. The SMILES string of the molecule is Cc1ccn(-c2cccc(C(C)C)c2)c(=O)c1C(=O)N1CC[C@@H]2NC(=O)C[C@@H]2C1. The van der Waals surface area contributed by atoms with Crippen LogP contribution in [0.3, 0.4) is 0 Å². The van der Waals surface area contributed by atoms with Crippen LogP contribution in [0, 0.1) is 12.8 Å². The fourth-order valence-corrected chi connectivity index (χ4v) is 4.40. The maximum absolute atomic E-state index is 13.3. The Hall–Kier alpha value is -2.89. The number of rotatable bonds is 3. The molecule has 2 saturated heterocycles. The Balaban J connectivity index is 1.67. The van der Waals surface area contributed by atoms with Crippen LogP contribution in [0.5, 0.6) is 0 Å². The molecule has 0 bridgehead atoms. The number of likely N-dealkylation sites (tertiary alicyclic amines) is 1. The summed E-state index contributed by atoms with van der Waals surface area (Å²) in [6.07, 6.45) is 2.92. The molecule has 0 spiro atoms. The Morgan fingerprint density at radius 3 is 2.76 bits per heavy atom. The van der Waals surface area contributed by atoms with Crippen LogP contribution in [0.1, 0.15) is 54.1 Å². The molecule has 2 aliphatic heterocycles. The van der Waals surface area contributed by atoms with Crippen LogP contribution < -0.4 is 10.9 Å². The second-order valence-corrected chi connectivity index (χ2v) is 8.48. The van der Waals surface area contributed by atoms with Crippen molar-refractivity contribution in [3.63, 3.8) is 0 Å². The number of carbonyl (C=O) groups excluding carboxylic acids is 2. The van der Waals surface area contributed by atoms with Crippen LogP contribution in [-0.4, -0.2) is 40.4 Å². The Bertz CT molecular complexity index is 1020. The van der Waals surface area contributed by atoms with Crippen molar-refractivity contribution in [1.82, 2.24) is 14.8 Å². The average molecular weight is 393 g/mol. The van der Waals surface area contributed by atoms with Gasteiger partial charge in [0.25, 0.3) is 11.5 Å². The lowest BCUT2D eigenvalue weighted by Gasteiger charge is -2.34. The van der Waals surface area contributed by atoms with E-state index >= 15 is 0 Å². The topological polar surface area (TPSA) is 71.4 Å². The molecule has 1 aromatic heterocycles. The summed E-state index contributed by atoms with van der Waals surface area (Å²) in [4.78, 5) is 40.0. The third-order valence-corrected chi connectivity index (χ3v) is 6.14. The third kappa shape index (κ3) is 3.59. The monoisotopic (exact) mass is 393 g/mol. The second-order valence-electron chi connectivity index (χ2n) is 8.48. The van der Waals surface area contributed by atoms with E-state index < -0.39 is 0 Å². The van der Waals surface area contributed by atoms with Crippen molar-refractivity contribution < 1.29 is 9.59 Å². The first-order valence-corrected chi connectivity index (χ1v) is 10.3. The number of amides is 2. The van der Waals surface area contributed by atoms with Crippen molar-refractivity contribution in [1.29, 1.82) is 0 Å². The zero-order valence-electron chi connectivity index (χ0n) is 17.1. The summed E-state index contributed by atoms with van der Waals surface area (Å²) >= 11 is 0. The molecule has 4 rings (SSSR count). The maximum atomic E-state index is 13.3. The van der Waals surface area contributed by atoms with Gasteiger partial charge in [-0.25, -0.2) is 0 Å². The van der Waals surface area contributed by atoms with Gasteiger partial charge in [-0.3, -0.25) is 19.0 Å². The molecular weight excluding hydrogens is 366 g/mol. The molecule has 29 heavy (non-hydrogen) atoms. The van der Waals surface area contributed by atoms with Gasteiger partial charge in [0, 0.05) is 43.4 Å². The van der Waals surface area contributed by atoms with Crippen molar-refractivity contribution in [3.8, 4) is 5.69 Å². The number of nitrogens with one attached hydrogen (secondary N) is 1. The molecule has 0 saturated carbocycles. The minimum atomic E-state index is -0.293. The third-order valence-electron chi connectivity index (χ3n) is 6.14. The van der Waals surface area contributed by atoms with Crippen molar-refractivity contribution in [2.75, 3.05) is 13.1 Å². The smallest absolute Gasteiger partial charge is 0.268 e. The standard InChI is InChI=1S/C23H27N3O3/c1-14(2)16-5-4-6-18(11-16)26-10-7-15(3)21(23(26)29)22(28)25-9-8-19-17(13-25)12-20(27)24-19/h4-7,10-11,14,17,19H,8-9,12-13H2,1-3H3,(H,24,27)/t17-,19+/m1/s1. The van der Waals surface area contributed by atoms with E-state index in [1.165, 1.54) is 0 Å². The van der Waals surface area contributed by atoms with Crippen molar-refractivity contribution in [2.24, 2.45) is 5.92 Å². The number of piperidine rings is 1. The number of hydrogen-bond acceptors (Lipinski definition) is 3. The van der Waals surface area contributed by atoms with E-state index in [1.807, 2.05) is 30.3 Å². The highest BCUT2D eigenvalue weighted by atomic mass is 16.2. The highest BCUT2D eigenvalue weighted by Gasteiger charge is 2.39. The maximum Gasteiger partial charge on any atom is 0.268 e. The molecule has 1 N–H and O–H groups in total. The second kappa shape index (κ2) is 7.50. The van der Waals surface area contributed by atoms with Crippen LogP contribution in [-0.2, 0) is 4.79 Å². The average Bonchev–Trinajstić information content (AvgIpc) is 3.07. The quantitative estimate of drug-likeness (QED) is 0.871. The lowest BCUT2D eigenvalue weighted by atomic mass is 9.92. The van der Waals surface area contributed by atoms with Gasteiger partial charge in [-0.05, 0) is 48.6 Å². The molecular formula is C23H27N3O3. The molecule has 2 amide bonds. The predicted octanol–water partition coefficient (Wildman–Crippen LogP) is 2.62. The minimum absolute atomic E-state index is 0.0533. The minimum Gasteiger partial charge on any atom is -0.353 e. The number of pyridine rings is 1. The Morgan fingerprint density at radius 2 is 2.00 bits per heavy atom. The van der Waals surface area contributed by atoms with E-state index in [2.05, 4.69) is 19.2 Å². The summed E-state index contributed by atoms with van der Waals surface area (Å²) in [5.41, 5.74) is 2.51. The number of benzene rings is 1. The van der Waals surface area contributed by atoms with Crippen LogP contribution in [0.25, 0.3) is 5.69 Å². The molecule has 2 aliphatic rings. The lowest BCUT2D eigenvalue weighted by molar-refractivity contribution is -0.119. The lowest BCUT2D eigenvalue weighted by Crippen LogP contribution is -2.48. The summed E-state index contributed by atoms with van der Waals surface area (Å²) < 4.78 is 1.56. The van der Waals surface area contributed by atoms with Crippen LogP contribution in [0.4, 0.5) is 0 Å². The number of aryl methyl sites for hydroxylation is 1. The van der Waals surface area contributed by atoms with E-state index in [0.717, 1.165) is 17.7 Å². The predicted molar refractivity (Wildman–Crippen MR) is 111 cm³/mol.